The maximum atomic E-state index is 14.5. The van der Waals surface area contributed by atoms with Crippen LogP contribution in [0, 0.1) is 16.2 Å². The summed E-state index contributed by atoms with van der Waals surface area (Å²) < 4.78 is 23.2. The molecule has 2 aliphatic heterocycles. The molecular weight excluding hydrogens is 621 g/mol. The van der Waals surface area contributed by atoms with Gasteiger partial charge in [-0.3, -0.25) is 0 Å². The Morgan fingerprint density at radius 3 is 1.75 bits per heavy atom. The molecule has 0 unspecified atom stereocenters. The molecule has 1 aromatic carbocycles. The first-order valence-electron chi connectivity index (χ1n) is 5.72. The smallest absolute Gasteiger partial charge is 0.134 e. The number of halogens is 1. The summed E-state index contributed by atoms with van der Waals surface area (Å²) in [6.45, 7) is 0. The van der Waals surface area contributed by atoms with Crippen molar-refractivity contribution in [2.24, 2.45) is 0 Å². The van der Waals surface area contributed by atoms with E-state index in [1.165, 1.54) is 22.3 Å². The minimum absolute atomic E-state index is 0. The van der Waals surface area contributed by atoms with Crippen LogP contribution >= 0.6 is 34.1 Å². The molecule has 0 aliphatic carbocycles. The van der Waals surface area contributed by atoms with E-state index in [1.807, 2.05) is 18.2 Å². The van der Waals surface area contributed by atoms with Crippen LogP contribution in [0.2, 0.25) is 0 Å². The molecule has 2 nitrogen and oxygen atoms in total. The number of nitrogens with zero attached hydrogens (tertiary/aromatic N) is 2. The second-order valence-electron chi connectivity index (χ2n) is 4.08. The van der Waals surface area contributed by atoms with Gasteiger partial charge in [0.1, 0.15) is 16.9 Å². The zero-order chi connectivity index (χ0) is 13.5. The van der Waals surface area contributed by atoms with E-state index in [0.717, 1.165) is 32.3 Å². The summed E-state index contributed by atoms with van der Waals surface area (Å²) in [5.74, 6) is -0.274. The Labute approximate surface area is 215 Å². The van der Waals surface area contributed by atoms with E-state index in [1.54, 1.807) is 12.1 Å². The van der Waals surface area contributed by atoms with E-state index >= 15 is 0 Å². The van der Waals surface area contributed by atoms with Crippen LogP contribution in [0.3, 0.4) is 0 Å². The van der Waals surface area contributed by atoms with Gasteiger partial charge in [-0.05, 0) is 30.4 Å². The summed E-state index contributed by atoms with van der Waals surface area (Å²) in [7, 11) is 0. The Hall–Kier alpha value is -0.213. The molecule has 0 saturated heterocycles. The van der Waals surface area contributed by atoms with E-state index < -0.39 is 0 Å². The molecule has 0 bridgehead atoms. The summed E-state index contributed by atoms with van der Waals surface area (Å²) in [5.41, 5.74) is 1.37. The second kappa shape index (κ2) is 16.6. The number of fused-ring (bicyclic) bond motifs is 1. The van der Waals surface area contributed by atoms with Gasteiger partial charge in [0.05, 0.1) is 16.9 Å². The van der Waals surface area contributed by atoms with Crippen molar-refractivity contribution in [3.63, 3.8) is 0 Å². The Bertz CT molecular complexity index is 1080. The zero-order valence-corrected chi connectivity index (χ0v) is 19.0. The Morgan fingerprint density at radius 1 is 0.750 bits per heavy atom. The third-order valence-corrected chi connectivity index (χ3v) is 5.12. The Balaban J connectivity index is -0.000000220. The third-order valence-electron chi connectivity index (χ3n) is 2.95. The topological polar surface area (TPSA) is 25.8 Å². The van der Waals surface area contributed by atoms with Crippen molar-refractivity contribution in [2.75, 3.05) is 0 Å². The molecule has 8 heteroatoms. The van der Waals surface area contributed by atoms with Crippen molar-refractivity contribution < 1.29 is 4.39 Å². The summed E-state index contributed by atoms with van der Waals surface area (Å²) in [4.78, 5) is 1.77. The number of rotatable bonds is 0. The summed E-state index contributed by atoms with van der Waals surface area (Å²) >= 11 is 3.93. The number of allylic oxidation sites excluding steroid dienone is 2. The van der Waals surface area contributed by atoms with Crippen LogP contribution in [0.5, 0.6) is 0 Å². The maximum Gasteiger partial charge on any atom is 0.134 e. The number of aromatic nitrogens is 2. The first kappa shape index (κ1) is 38.4. The van der Waals surface area contributed by atoms with E-state index in [2.05, 4.69) is 19.1 Å². The standard InChI is InChI=1S/C14H5FN2S3.6CH4.2Sn/c15-9-7-8(10-3-1-5-18-10)13-14(17-20-16-13)12(9)11-4-2-6-19-11;;;;;;;;/h1-4,7H;6*1H4;;. The van der Waals surface area contributed by atoms with Crippen LogP contribution in [-0.4, -0.2) is 56.6 Å². The van der Waals surface area contributed by atoms with Crippen molar-refractivity contribution >= 4 is 103 Å². The molecule has 0 amide bonds. The maximum absolute atomic E-state index is 14.5. The van der Waals surface area contributed by atoms with Crippen LogP contribution in [0.4, 0.5) is 4.39 Å². The van der Waals surface area contributed by atoms with Gasteiger partial charge in [0.25, 0.3) is 0 Å². The van der Waals surface area contributed by atoms with Crippen molar-refractivity contribution in [1.82, 2.24) is 8.75 Å². The van der Waals surface area contributed by atoms with Crippen molar-refractivity contribution in [3.8, 4) is 10.4 Å². The molecular formula is C20H29FN2S3Sn2. The van der Waals surface area contributed by atoms with Gasteiger partial charge in [0, 0.05) is 62.8 Å². The Morgan fingerprint density at radius 2 is 1.25 bits per heavy atom. The average Bonchev–Trinajstić information content (AvgIpc) is 3.20. The fourth-order valence-corrected chi connectivity index (χ4v) is 4.02. The molecule has 28 heavy (non-hydrogen) atoms. The van der Waals surface area contributed by atoms with Gasteiger partial charge < -0.3 is 0 Å². The minimum Gasteiger partial charge on any atom is -0.206 e. The molecule has 3 heterocycles. The van der Waals surface area contributed by atoms with Crippen LogP contribution in [-0.2, 0) is 0 Å². The normalized spacial score (nSPS) is 14.9. The summed E-state index contributed by atoms with van der Waals surface area (Å²) in [5, 5.41) is 7.30. The van der Waals surface area contributed by atoms with Gasteiger partial charge in [0.15, 0.2) is 0 Å². The first-order chi connectivity index (χ1) is 9.84. The molecule has 2 aliphatic rings. The molecule has 8 radical (unpaired) electrons. The molecule has 0 spiro atoms. The van der Waals surface area contributed by atoms with Crippen molar-refractivity contribution in [3.05, 3.63) is 46.6 Å². The molecule has 0 fully saturated rings. The molecule has 152 valence electrons. The van der Waals surface area contributed by atoms with Gasteiger partial charge in [0.2, 0.25) is 0 Å². The zero-order valence-electron chi connectivity index (χ0n) is 10.9. The SMILES string of the molecule is C.C.C.C.C.C.Fc1cc(=C2C=CC#S2)c2nsnc2c1=C1C=CC#S1.[Sn].[Sn]. The molecule has 4 rings (SSSR count). The predicted molar refractivity (Wildman–Crippen MR) is 137 cm³/mol. The molecule has 0 N–H and O–H groups in total. The number of benzene rings is 1. The van der Waals surface area contributed by atoms with E-state index in [-0.39, 0.29) is 98.2 Å². The van der Waals surface area contributed by atoms with E-state index in [9.17, 15) is 4.39 Å². The predicted octanol–water partition coefficient (Wildman–Crippen LogP) is 5.63. The number of hydrogen-bond acceptors (Lipinski definition) is 3. The summed E-state index contributed by atoms with van der Waals surface area (Å²) in [6, 6.07) is 1.54. The average molecular weight is 650 g/mol. The van der Waals surface area contributed by atoms with Crippen molar-refractivity contribution in [2.45, 2.75) is 44.6 Å². The van der Waals surface area contributed by atoms with E-state index in [0.29, 0.717) is 10.7 Å². The second-order valence-corrected chi connectivity index (χ2v) is 6.37. The van der Waals surface area contributed by atoms with Crippen LogP contribution in [0.1, 0.15) is 44.6 Å². The minimum atomic E-state index is -0.274. The largest absolute Gasteiger partial charge is 0.206 e. The third kappa shape index (κ3) is 6.94. The quantitative estimate of drug-likeness (QED) is 0.346. The summed E-state index contributed by atoms with van der Waals surface area (Å²) in [6.07, 6.45) is 7.37. The molecule has 2 aromatic rings. The van der Waals surface area contributed by atoms with Gasteiger partial charge in [-0.2, -0.15) is 8.75 Å². The van der Waals surface area contributed by atoms with Gasteiger partial charge in [-0.25, -0.2) is 4.39 Å². The van der Waals surface area contributed by atoms with Crippen LogP contribution in [0.15, 0.2) is 30.4 Å². The molecule has 0 atom stereocenters. The number of hydrogen-bond donors (Lipinski definition) is 0. The molecule has 0 saturated carbocycles. The van der Waals surface area contributed by atoms with Gasteiger partial charge >= 0.3 is 0 Å². The fraction of sp³-hybridized carbons (Fsp3) is 0.300. The van der Waals surface area contributed by atoms with Gasteiger partial charge in [-0.1, -0.05) is 77.3 Å². The molecule has 1 aromatic heterocycles. The monoisotopic (exact) mass is 652 g/mol. The first-order valence-corrected chi connectivity index (χ1v) is 8.08. The van der Waals surface area contributed by atoms with Crippen LogP contribution in [0.25, 0.3) is 20.8 Å². The van der Waals surface area contributed by atoms with E-state index in [4.69, 9.17) is 0 Å². The van der Waals surface area contributed by atoms with Crippen LogP contribution < -0.4 is 10.4 Å². The fourth-order valence-electron chi connectivity index (χ4n) is 2.09. The van der Waals surface area contributed by atoms with Gasteiger partial charge in [-0.15, -0.1) is 0 Å². The van der Waals surface area contributed by atoms with Crippen molar-refractivity contribution in [1.29, 1.82) is 0 Å². The Kier molecular flexibility index (Phi) is 22.7.